The minimum Gasteiger partial charge on any atom is -0.465 e. The lowest BCUT2D eigenvalue weighted by atomic mass is 10.1. The van der Waals surface area contributed by atoms with Gasteiger partial charge in [-0.25, -0.2) is 18.6 Å². The highest BCUT2D eigenvalue weighted by atomic mass is 32.2. The molecular weight excluding hydrogens is 442 g/mol. The molecule has 33 heavy (non-hydrogen) atoms. The number of sulfonamides is 1. The summed E-state index contributed by atoms with van der Waals surface area (Å²) in [6.45, 7) is 0.143. The molecule has 0 unspecified atom stereocenters. The molecule has 0 aliphatic carbocycles. The number of benzene rings is 3. The standard InChI is InChI=1S/C24H23N3O5S/c1-32-24(29)21-14-8-18(9-15-21)16-25-26-23(28)20-12-10-19(11-13-20)17-27(33(2,30)31)22-6-4-3-5-7-22/h3-16H,17H2,1-2H3,(H,26,28)/b25-16+. The minimum absolute atomic E-state index is 0.143. The molecule has 0 spiro atoms. The molecule has 0 saturated carbocycles. The summed E-state index contributed by atoms with van der Waals surface area (Å²) in [6, 6.07) is 22.0. The number of amides is 1. The fourth-order valence-electron chi connectivity index (χ4n) is 2.97. The van der Waals surface area contributed by atoms with Gasteiger partial charge in [-0.3, -0.25) is 9.10 Å². The Bertz CT molecular complexity index is 1240. The maximum Gasteiger partial charge on any atom is 0.337 e. The number of anilines is 1. The molecule has 0 aliphatic heterocycles. The van der Waals surface area contributed by atoms with Gasteiger partial charge in [-0.2, -0.15) is 5.10 Å². The average molecular weight is 466 g/mol. The molecule has 3 aromatic rings. The van der Waals surface area contributed by atoms with Gasteiger partial charge >= 0.3 is 5.97 Å². The van der Waals surface area contributed by atoms with Crippen molar-refractivity contribution >= 4 is 33.8 Å². The van der Waals surface area contributed by atoms with E-state index in [0.717, 1.165) is 11.8 Å². The molecule has 9 heteroatoms. The van der Waals surface area contributed by atoms with Gasteiger partial charge in [0, 0.05) is 5.56 Å². The zero-order chi connectivity index (χ0) is 23.8. The largest absolute Gasteiger partial charge is 0.465 e. The van der Waals surface area contributed by atoms with E-state index in [2.05, 4.69) is 15.3 Å². The number of methoxy groups -OCH3 is 1. The van der Waals surface area contributed by atoms with Gasteiger partial charge in [0.05, 0.1) is 37.4 Å². The van der Waals surface area contributed by atoms with Crippen LogP contribution in [0, 0.1) is 0 Å². The number of rotatable bonds is 8. The van der Waals surface area contributed by atoms with Crippen LogP contribution >= 0.6 is 0 Å². The quantitative estimate of drug-likeness (QED) is 0.312. The summed E-state index contributed by atoms with van der Waals surface area (Å²) < 4.78 is 30.4. The van der Waals surface area contributed by atoms with Crippen LogP contribution in [-0.4, -0.2) is 39.9 Å². The van der Waals surface area contributed by atoms with Crippen molar-refractivity contribution in [2.75, 3.05) is 17.7 Å². The van der Waals surface area contributed by atoms with Crippen LogP contribution in [0.3, 0.4) is 0 Å². The molecule has 1 N–H and O–H groups in total. The van der Waals surface area contributed by atoms with Crippen molar-refractivity contribution in [3.63, 3.8) is 0 Å². The normalized spacial score (nSPS) is 11.2. The first-order chi connectivity index (χ1) is 15.8. The van der Waals surface area contributed by atoms with E-state index in [-0.39, 0.29) is 6.54 Å². The highest BCUT2D eigenvalue weighted by Gasteiger charge is 2.17. The highest BCUT2D eigenvalue weighted by molar-refractivity contribution is 7.92. The molecular formula is C24H23N3O5S. The summed E-state index contributed by atoms with van der Waals surface area (Å²) in [4.78, 5) is 23.8. The Labute approximate surface area is 192 Å². The maximum atomic E-state index is 12.3. The predicted octanol–water partition coefficient (Wildman–Crippen LogP) is 3.20. The fraction of sp³-hybridized carbons (Fsp3) is 0.125. The molecule has 3 aromatic carbocycles. The smallest absolute Gasteiger partial charge is 0.337 e. The number of carbonyl (C=O) groups excluding carboxylic acids is 2. The SMILES string of the molecule is COC(=O)c1ccc(/C=N/NC(=O)c2ccc(CN(c3ccccc3)S(C)(=O)=O)cc2)cc1. The third-order valence-corrected chi connectivity index (χ3v) is 5.84. The van der Waals surface area contributed by atoms with Crippen molar-refractivity contribution < 1.29 is 22.7 Å². The van der Waals surface area contributed by atoms with Gasteiger partial charge in [0.25, 0.3) is 5.91 Å². The van der Waals surface area contributed by atoms with Crippen molar-refractivity contribution in [2.24, 2.45) is 5.10 Å². The number of nitrogens with zero attached hydrogens (tertiary/aromatic N) is 2. The van der Waals surface area contributed by atoms with Gasteiger partial charge in [-0.1, -0.05) is 42.5 Å². The zero-order valence-corrected chi connectivity index (χ0v) is 19.0. The van der Waals surface area contributed by atoms with E-state index in [1.807, 2.05) is 6.07 Å². The van der Waals surface area contributed by atoms with Gasteiger partial charge in [0.1, 0.15) is 0 Å². The van der Waals surface area contributed by atoms with Gasteiger partial charge in [-0.05, 0) is 47.5 Å². The molecule has 0 atom stereocenters. The first-order valence-corrected chi connectivity index (χ1v) is 11.8. The second-order valence-electron chi connectivity index (χ2n) is 7.11. The molecule has 0 fully saturated rings. The predicted molar refractivity (Wildman–Crippen MR) is 127 cm³/mol. The van der Waals surface area contributed by atoms with Crippen molar-refractivity contribution in [3.05, 3.63) is 101 Å². The van der Waals surface area contributed by atoms with E-state index in [1.165, 1.54) is 17.6 Å². The summed E-state index contributed by atoms with van der Waals surface area (Å²) >= 11 is 0. The summed E-state index contributed by atoms with van der Waals surface area (Å²) in [6.07, 6.45) is 2.61. The first kappa shape index (κ1) is 23.7. The second-order valence-corrected chi connectivity index (χ2v) is 9.02. The zero-order valence-electron chi connectivity index (χ0n) is 18.1. The number of hydrazone groups is 1. The van der Waals surface area contributed by atoms with Crippen molar-refractivity contribution in [1.82, 2.24) is 5.43 Å². The lowest BCUT2D eigenvalue weighted by molar-refractivity contribution is 0.0600. The Kier molecular flexibility index (Phi) is 7.57. The molecule has 0 saturated heterocycles. The van der Waals surface area contributed by atoms with E-state index in [9.17, 15) is 18.0 Å². The second kappa shape index (κ2) is 10.6. The number of hydrogen-bond acceptors (Lipinski definition) is 6. The Morgan fingerprint density at radius 1 is 0.939 bits per heavy atom. The molecule has 0 bridgehead atoms. The van der Waals surface area contributed by atoms with Gasteiger partial charge in [-0.15, -0.1) is 0 Å². The van der Waals surface area contributed by atoms with Gasteiger partial charge in [0.15, 0.2) is 0 Å². The average Bonchev–Trinajstić information content (AvgIpc) is 2.82. The van der Waals surface area contributed by atoms with E-state index in [0.29, 0.717) is 22.4 Å². The van der Waals surface area contributed by atoms with E-state index in [4.69, 9.17) is 0 Å². The van der Waals surface area contributed by atoms with Gasteiger partial charge < -0.3 is 4.74 Å². The van der Waals surface area contributed by atoms with E-state index < -0.39 is 21.9 Å². The Balaban J connectivity index is 1.63. The van der Waals surface area contributed by atoms with Crippen LogP contribution in [0.1, 0.15) is 31.8 Å². The molecule has 0 aliphatic rings. The monoisotopic (exact) mass is 465 g/mol. The lowest BCUT2D eigenvalue weighted by Gasteiger charge is -2.22. The van der Waals surface area contributed by atoms with Crippen molar-refractivity contribution in [1.29, 1.82) is 0 Å². The molecule has 170 valence electrons. The van der Waals surface area contributed by atoms with Crippen LogP contribution in [0.4, 0.5) is 5.69 Å². The third kappa shape index (κ3) is 6.50. The fourth-order valence-corrected chi connectivity index (χ4v) is 3.86. The number of hydrogen-bond donors (Lipinski definition) is 1. The summed E-state index contributed by atoms with van der Waals surface area (Å²) in [7, 11) is -2.17. The topological polar surface area (TPSA) is 105 Å². The Hall–Kier alpha value is -3.98. The number of carbonyl (C=O) groups is 2. The van der Waals surface area contributed by atoms with Crippen molar-refractivity contribution in [3.8, 4) is 0 Å². The summed E-state index contributed by atoms with van der Waals surface area (Å²) in [5, 5.41) is 3.93. The number of esters is 1. The van der Waals surface area contributed by atoms with Crippen LogP contribution in [0.5, 0.6) is 0 Å². The van der Waals surface area contributed by atoms with E-state index >= 15 is 0 Å². The summed E-state index contributed by atoms with van der Waals surface area (Å²) in [5.74, 6) is -0.842. The third-order valence-electron chi connectivity index (χ3n) is 4.70. The first-order valence-electron chi connectivity index (χ1n) is 9.91. The lowest BCUT2D eigenvalue weighted by Crippen LogP contribution is -2.29. The molecule has 0 heterocycles. The Morgan fingerprint density at radius 3 is 2.12 bits per heavy atom. The number of para-hydroxylation sites is 1. The van der Waals surface area contributed by atoms with Gasteiger partial charge in [0.2, 0.25) is 10.0 Å². The number of nitrogens with one attached hydrogen (secondary N) is 1. The van der Waals surface area contributed by atoms with Crippen LogP contribution in [0.2, 0.25) is 0 Å². The molecule has 3 rings (SSSR count). The van der Waals surface area contributed by atoms with E-state index in [1.54, 1.807) is 72.8 Å². The molecule has 1 amide bonds. The maximum absolute atomic E-state index is 12.3. The van der Waals surface area contributed by atoms with Crippen LogP contribution in [-0.2, 0) is 21.3 Å². The van der Waals surface area contributed by atoms with Crippen LogP contribution < -0.4 is 9.73 Å². The molecule has 0 radical (unpaired) electrons. The number of ether oxygens (including phenoxy) is 1. The molecule has 8 nitrogen and oxygen atoms in total. The van der Waals surface area contributed by atoms with Crippen LogP contribution in [0.25, 0.3) is 0 Å². The highest BCUT2D eigenvalue weighted by Crippen LogP contribution is 2.20. The molecule has 0 aromatic heterocycles. The van der Waals surface area contributed by atoms with Crippen molar-refractivity contribution in [2.45, 2.75) is 6.54 Å². The Morgan fingerprint density at radius 2 is 1.55 bits per heavy atom. The summed E-state index contributed by atoms with van der Waals surface area (Å²) in [5.41, 5.74) is 5.22. The van der Waals surface area contributed by atoms with Crippen LogP contribution in [0.15, 0.2) is 84.0 Å². The minimum atomic E-state index is -3.48.